The molecule has 0 aliphatic carbocycles. The van der Waals surface area contributed by atoms with Crippen LogP contribution in [0.3, 0.4) is 0 Å². The van der Waals surface area contributed by atoms with Gasteiger partial charge in [0.2, 0.25) is 0 Å². The molecule has 0 atom stereocenters. The van der Waals surface area contributed by atoms with Gasteiger partial charge in [-0.25, -0.2) is 9.78 Å². The van der Waals surface area contributed by atoms with Gasteiger partial charge < -0.3 is 13.3 Å². The third-order valence-corrected chi connectivity index (χ3v) is 5.18. The van der Waals surface area contributed by atoms with Crippen LogP contribution in [0.2, 0.25) is 6.04 Å². The predicted molar refractivity (Wildman–Crippen MR) is 63.0 cm³/mol. The van der Waals surface area contributed by atoms with E-state index >= 15 is 0 Å². The smallest absolute Gasteiger partial charge is 0.377 e. The van der Waals surface area contributed by atoms with Crippen molar-refractivity contribution in [3.8, 4) is 0 Å². The van der Waals surface area contributed by atoms with Gasteiger partial charge in [-0.3, -0.25) is 0 Å². The lowest BCUT2D eigenvalue weighted by atomic mass is 10.3. The summed E-state index contributed by atoms with van der Waals surface area (Å²) in [6.07, 6.45) is 3.04. The first kappa shape index (κ1) is 16.0. The van der Waals surface area contributed by atoms with Gasteiger partial charge in [0, 0.05) is 27.4 Å². The van der Waals surface area contributed by atoms with E-state index in [4.69, 9.17) is 23.1 Å². The molecule has 0 N–H and O–H groups in total. The molecule has 0 rings (SSSR count). The molecule has 0 aromatic carbocycles. The average molecular weight is 252 g/mol. The summed E-state index contributed by atoms with van der Waals surface area (Å²) in [4.78, 5) is 9.69. The molecule has 98 valence electrons. The van der Waals surface area contributed by atoms with Gasteiger partial charge in [-0.05, 0) is 19.8 Å². The lowest BCUT2D eigenvalue weighted by molar-refractivity contribution is -0.291. The summed E-state index contributed by atoms with van der Waals surface area (Å²) in [6.45, 7) is 3.12. The Bertz CT molecular complexity index is 144. The summed E-state index contributed by atoms with van der Waals surface area (Å²) in [5.41, 5.74) is 0. The highest BCUT2D eigenvalue weighted by Crippen LogP contribution is 2.16. The molecule has 5 nitrogen and oxygen atoms in total. The quantitative estimate of drug-likeness (QED) is 0.244. The van der Waals surface area contributed by atoms with E-state index in [-0.39, 0.29) is 0 Å². The Morgan fingerprint density at radius 3 is 1.94 bits per heavy atom. The second kappa shape index (κ2) is 10.2. The maximum absolute atomic E-state index is 5.32. The van der Waals surface area contributed by atoms with Crippen molar-refractivity contribution >= 4 is 8.80 Å². The van der Waals surface area contributed by atoms with Crippen LogP contribution in [0.5, 0.6) is 0 Å². The summed E-state index contributed by atoms with van der Waals surface area (Å²) < 4.78 is 16.0. The van der Waals surface area contributed by atoms with Crippen LogP contribution in [0.25, 0.3) is 0 Å². The second-order valence-corrected chi connectivity index (χ2v) is 6.43. The highest BCUT2D eigenvalue weighted by molar-refractivity contribution is 6.60. The first-order chi connectivity index (χ1) is 7.74. The van der Waals surface area contributed by atoms with Crippen molar-refractivity contribution in [3.63, 3.8) is 0 Å². The van der Waals surface area contributed by atoms with E-state index in [0.717, 1.165) is 25.3 Å². The van der Waals surface area contributed by atoms with Crippen molar-refractivity contribution in [2.45, 2.75) is 32.2 Å². The summed E-state index contributed by atoms with van der Waals surface area (Å²) >= 11 is 0. The number of unbranched alkanes of at least 4 members (excludes halogenated alkanes) is 2. The zero-order chi connectivity index (χ0) is 12.3. The first-order valence-corrected chi connectivity index (χ1v) is 7.57. The normalized spacial score (nSPS) is 12.0. The molecule has 0 saturated carbocycles. The number of hydrogen-bond acceptors (Lipinski definition) is 5. The van der Waals surface area contributed by atoms with Crippen LogP contribution >= 0.6 is 0 Å². The molecule has 0 unspecified atom stereocenters. The Balaban J connectivity index is 3.48. The van der Waals surface area contributed by atoms with E-state index in [2.05, 4.69) is 0 Å². The molecule has 0 aliphatic rings. The topological polar surface area (TPSA) is 46.2 Å². The van der Waals surface area contributed by atoms with Crippen molar-refractivity contribution in [2.75, 3.05) is 34.5 Å². The van der Waals surface area contributed by atoms with Crippen LogP contribution in [0.15, 0.2) is 0 Å². The van der Waals surface area contributed by atoms with Gasteiger partial charge in [-0.15, -0.1) is 0 Å². The van der Waals surface area contributed by atoms with Crippen molar-refractivity contribution in [2.24, 2.45) is 0 Å². The summed E-state index contributed by atoms with van der Waals surface area (Å²) in [6, 6.07) is 0.838. The molecule has 0 aliphatic heterocycles. The van der Waals surface area contributed by atoms with Crippen LogP contribution < -0.4 is 0 Å². The Morgan fingerprint density at radius 2 is 1.44 bits per heavy atom. The van der Waals surface area contributed by atoms with Gasteiger partial charge in [-0.2, -0.15) is 0 Å². The Kier molecular flexibility index (Phi) is 10.2. The molecular formula is C10H24O5Si. The molecule has 16 heavy (non-hydrogen) atoms. The zero-order valence-corrected chi connectivity index (χ0v) is 11.8. The van der Waals surface area contributed by atoms with E-state index < -0.39 is 8.80 Å². The van der Waals surface area contributed by atoms with Crippen LogP contribution in [-0.4, -0.2) is 43.3 Å². The van der Waals surface area contributed by atoms with Crippen molar-refractivity contribution < 1.29 is 23.1 Å². The third-order valence-electron chi connectivity index (χ3n) is 2.34. The van der Waals surface area contributed by atoms with E-state index in [0.29, 0.717) is 13.2 Å². The molecule has 6 heteroatoms. The van der Waals surface area contributed by atoms with Gasteiger partial charge in [0.1, 0.15) is 0 Å². The highest BCUT2D eigenvalue weighted by atomic mass is 28.4. The highest BCUT2D eigenvalue weighted by Gasteiger charge is 2.36. The third kappa shape index (κ3) is 6.57. The number of hydrogen-bond donors (Lipinski definition) is 0. The average Bonchev–Trinajstić information content (AvgIpc) is 2.34. The van der Waals surface area contributed by atoms with E-state index in [1.54, 1.807) is 21.3 Å². The maximum atomic E-state index is 5.32. The molecule has 0 aromatic rings. The molecule has 0 aromatic heterocycles. The van der Waals surface area contributed by atoms with Crippen LogP contribution in [0.1, 0.15) is 26.2 Å². The molecule has 0 radical (unpaired) electrons. The minimum absolute atomic E-state index is 0.590. The van der Waals surface area contributed by atoms with Crippen LogP contribution in [-0.2, 0) is 23.1 Å². The Morgan fingerprint density at radius 1 is 0.812 bits per heavy atom. The summed E-state index contributed by atoms with van der Waals surface area (Å²) in [5, 5.41) is 0. The Hall–Kier alpha value is 0.0169. The van der Waals surface area contributed by atoms with E-state index in [1.807, 2.05) is 6.92 Å². The van der Waals surface area contributed by atoms with Crippen LogP contribution in [0.4, 0.5) is 0 Å². The second-order valence-electron chi connectivity index (χ2n) is 3.33. The molecule has 0 heterocycles. The van der Waals surface area contributed by atoms with E-state index in [1.165, 1.54) is 0 Å². The van der Waals surface area contributed by atoms with Crippen molar-refractivity contribution in [1.29, 1.82) is 0 Å². The lowest BCUT2D eigenvalue weighted by Gasteiger charge is -2.24. The standard InChI is InChI=1S/C10H24O5Si/c1-5-14-15-9-7-6-8-10-16(11-2,12-3)13-4/h5-10H2,1-4H3. The first-order valence-electron chi connectivity index (χ1n) is 5.64. The largest absolute Gasteiger partial charge is 0.500 e. The molecular weight excluding hydrogens is 228 g/mol. The van der Waals surface area contributed by atoms with Crippen molar-refractivity contribution in [3.05, 3.63) is 0 Å². The Labute approximate surface area is 99.3 Å². The van der Waals surface area contributed by atoms with Gasteiger partial charge >= 0.3 is 8.80 Å². The predicted octanol–water partition coefficient (Wildman–Crippen LogP) is 2.00. The molecule has 0 amide bonds. The van der Waals surface area contributed by atoms with Gasteiger partial charge in [0.25, 0.3) is 0 Å². The van der Waals surface area contributed by atoms with Gasteiger partial charge in [-0.1, -0.05) is 6.42 Å². The molecule has 0 spiro atoms. The zero-order valence-electron chi connectivity index (χ0n) is 10.8. The fourth-order valence-electron chi connectivity index (χ4n) is 1.38. The van der Waals surface area contributed by atoms with E-state index in [9.17, 15) is 0 Å². The fourth-order valence-corrected chi connectivity index (χ4v) is 3.17. The van der Waals surface area contributed by atoms with Crippen molar-refractivity contribution in [1.82, 2.24) is 0 Å². The molecule has 0 fully saturated rings. The van der Waals surface area contributed by atoms with Gasteiger partial charge in [0.15, 0.2) is 0 Å². The SMILES string of the molecule is CCOOCCCCC[Si](OC)(OC)OC. The minimum atomic E-state index is -2.36. The van der Waals surface area contributed by atoms with Gasteiger partial charge in [0.05, 0.1) is 13.2 Å². The maximum Gasteiger partial charge on any atom is 0.500 e. The minimum Gasteiger partial charge on any atom is -0.377 e. The molecule has 0 saturated heterocycles. The summed E-state index contributed by atoms with van der Waals surface area (Å²) in [7, 11) is 2.54. The van der Waals surface area contributed by atoms with Crippen LogP contribution in [0, 0.1) is 0 Å². The summed E-state index contributed by atoms with van der Waals surface area (Å²) in [5.74, 6) is 0. The molecule has 0 bridgehead atoms. The lowest BCUT2D eigenvalue weighted by Crippen LogP contribution is -2.42. The monoisotopic (exact) mass is 252 g/mol. The number of rotatable bonds is 11. The fraction of sp³-hybridized carbons (Fsp3) is 1.00.